The van der Waals surface area contributed by atoms with E-state index in [0.29, 0.717) is 58.5 Å². The molecule has 6 aromatic rings. The Morgan fingerprint density at radius 1 is 0.795 bits per heavy atom. The number of aliphatic hydroxyl groups is 1. The quantitative estimate of drug-likeness (QED) is 0.0220. The number of aryl methyl sites for hydroxylation is 4. The van der Waals surface area contributed by atoms with Gasteiger partial charge in [0, 0.05) is 76.0 Å². The van der Waals surface area contributed by atoms with Gasteiger partial charge in [-0.25, -0.2) is 9.97 Å². The first-order valence-electron chi connectivity index (χ1n) is 25.1. The summed E-state index contributed by atoms with van der Waals surface area (Å²) in [4.78, 5) is 113. The number of benzene rings is 2. The van der Waals surface area contributed by atoms with E-state index >= 15 is 0 Å². The maximum Gasteiger partial charge on any atom is 0.276 e. The van der Waals surface area contributed by atoms with Crippen LogP contribution in [0.25, 0.3) is 22.1 Å². The Balaban J connectivity index is 0.00000274. The van der Waals surface area contributed by atoms with Crippen molar-refractivity contribution in [2.24, 2.45) is 11.5 Å². The summed E-state index contributed by atoms with van der Waals surface area (Å²) in [6.07, 6.45) is 6.36. The zero-order valence-electron chi connectivity index (χ0n) is 45.2. The number of nitrogens with two attached hydrogens (primary N) is 2. The molecule has 26 heteroatoms. The molecule has 26 nitrogen and oxygen atoms in total. The fourth-order valence-electron chi connectivity index (χ4n) is 8.31. The van der Waals surface area contributed by atoms with Crippen molar-refractivity contribution in [3.8, 4) is 11.5 Å². The van der Waals surface area contributed by atoms with Crippen molar-refractivity contribution in [1.82, 2.24) is 53.8 Å². The van der Waals surface area contributed by atoms with Gasteiger partial charge in [-0.05, 0) is 77.6 Å². The number of hydrogen-bond acceptors (Lipinski definition) is 16. The van der Waals surface area contributed by atoms with Crippen molar-refractivity contribution in [3.63, 3.8) is 0 Å². The van der Waals surface area contributed by atoms with E-state index in [9.17, 15) is 43.5 Å². The van der Waals surface area contributed by atoms with Crippen LogP contribution in [-0.4, -0.2) is 155 Å². The van der Waals surface area contributed by atoms with Crippen molar-refractivity contribution in [2.45, 2.75) is 86.6 Å². The zero-order chi connectivity index (χ0) is 57.4. The van der Waals surface area contributed by atoms with Gasteiger partial charge in [-0.2, -0.15) is 10.2 Å². The number of aliphatic hydroxyl groups excluding tert-OH is 1. The number of rotatable bonds is 24. The van der Waals surface area contributed by atoms with E-state index in [2.05, 4.69) is 36.9 Å². The van der Waals surface area contributed by atoms with E-state index in [-0.39, 0.29) is 85.8 Å². The van der Waals surface area contributed by atoms with Crippen molar-refractivity contribution < 1.29 is 52.9 Å². The summed E-state index contributed by atoms with van der Waals surface area (Å²) >= 11 is 0. The maximum atomic E-state index is 13.9. The highest BCUT2D eigenvalue weighted by molar-refractivity contribution is 6.13. The number of carbonyl (C=O) groups is 8. The van der Waals surface area contributed by atoms with Crippen LogP contribution in [-0.2, 0) is 45.4 Å². The molecule has 1 aliphatic heterocycles. The first-order chi connectivity index (χ1) is 37.5. The molecule has 0 bridgehead atoms. The van der Waals surface area contributed by atoms with Crippen LogP contribution in [0, 0.1) is 13.8 Å². The minimum atomic E-state index is -1.30. The smallest absolute Gasteiger partial charge is 0.276 e. The number of methoxy groups -OCH3 is 1. The highest BCUT2D eigenvalue weighted by atomic mass is 16.5. The molecule has 2 aromatic carbocycles. The third-order valence-electron chi connectivity index (χ3n) is 11.9. The Hall–Kier alpha value is -9.04. The molecule has 0 spiro atoms. The Labute approximate surface area is 449 Å². The van der Waals surface area contributed by atoms with Gasteiger partial charge >= 0.3 is 0 Å². The van der Waals surface area contributed by atoms with Crippen molar-refractivity contribution in [3.05, 3.63) is 94.6 Å². The van der Waals surface area contributed by atoms with Gasteiger partial charge in [0.05, 0.1) is 42.7 Å². The lowest BCUT2D eigenvalue weighted by molar-refractivity contribution is -0.139. The Kier molecular flexibility index (Phi) is 21.2. The number of amides is 7. The number of imidazole rings is 2. The summed E-state index contributed by atoms with van der Waals surface area (Å²) in [5, 5.41) is 27.0. The van der Waals surface area contributed by atoms with Crippen LogP contribution in [0.3, 0.4) is 0 Å². The molecule has 1 atom stereocenters. The van der Waals surface area contributed by atoms with E-state index in [1.165, 1.54) is 44.3 Å². The van der Waals surface area contributed by atoms with Gasteiger partial charge in [0.25, 0.3) is 23.6 Å². The molecule has 5 heterocycles. The van der Waals surface area contributed by atoms with E-state index in [1.54, 1.807) is 62.7 Å². The highest BCUT2D eigenvalue weighted by Gasteiger charge is 2.28. The van der Waals surface area contributed by atoms with Crippen LogP contribution < -0.4 is 36.9 Å². The van der Waals surface area contributed by atoms with Crippen molar-refractivity contribution in [2.75, 3.05) is 58.1 Å². The number of imide groups is 1. The largest absolute Gasteiger partial charge is 0.494 e. The van der Waals surface area contributed by atoms with Gasteiger partial charge in [-0.15, -0.1) is 0 Å². The van der Waals surface area contributed by atoms with E-state index < -0.39 is 54.0 Å². The summed E-state index contributed by atoms with van der Waals surface area (Å²) in [6, 6.07) is 8.05. The number of primary amides is 1. The van der Waals surface area contributed by atoms with E-state index in [1.807, 2.05) is 27.7 Å². The average molecular weight is 1080 g/mol. The fourth-order valence-corrected chi connectivity index (χ4v) is 8.31. The van der Waals surface area contributed by atoms with Crippen LogP contribution in [0.15, 0.2) is 60.7 Å². The van der Waals surface area contributed by atoms with Gasteiger partial charge in [0.15, 0.2) is 0 Å². The van der Waals surface area contributed by atoms with Crippen LogP contribution in [0.2, 0.25) is 0 Å². The SMILES string of the molecule is CC.CCn1nc(C)cc1C(=O)Nc1nc2cc(C(N)=O)cc(OC)c2n1C/C=C/Cn1c(NC(=O)c2cc(C)nn2CC)nc2cc(C=O)cc(OCCCN(C)C(=O)C(CO)NC(=O)CCN3C(=O)C=CC3=O)c21.CN. The van der Waals surface area contributed by atoms with Crippen LogP contribution in [0.1, 0.15) is 93.6 Å². The molecule has 0 saturated carbocycles. The van der Waals surface area contributed by atoms with Crippen LogP contribution >= 0.6 is 0 Å². The number of anilines is 2. The molecule has 0 aliphatic carbocycles. The summed E-state index contributed by atoms with van der Waals surface area (Å²) < 4.78 is 18.5. The number of hydrogen-bond donors (Lipinski definition) is 6. The summed E-state index contributed by atoms with van der Waals surface area (Å²) in [7, 11) is 4.41. The normalized spacial score (nSPS) is 12.3. The van der Waals surface area contributed by atoms with Gasteiger partial charge in [-0.1, -0.05) is 26.0 Å². The second-order valence-electron chi connectivity index (χ2n) is 17.0. The van der Waals surface area contributed by atoms with Crippen LogP contribution in [0.5, 0.6) is 11.5 Å². The summed E-state index contributed by atoms with van der Waals surface area (Å²) in [6.45, 7) is 11.5. The number of likely N-dealkylation sites (N-methyl/N-ethyl adjacent to an activating group) is 1. The lowest BCUT2D eigenvalue weighted by atomic mass is 10.1. The molecule has 0 saturated heterocycles. The second kappa shape index (κ2) is 27.7. The van der Waals surface area contributed by atoms with E-state index in [4.69, 9.17) is 20.2 Å². The molecule has 0 fully saturated rings. The average Bonchev–Trinajstić information content (AvgIpc) is 4.28. The van der Waals surface area contributed by atoms with Gasteiger partial charge < -0.3 is 45.4 Å². The number of nitrogens with zero attached hydrogens (tertiary/aromatic N) is 10. The Morgan fingerprint density at radius 2 is 1.32 bits per heavy atom. The molecule has 7 amide bonds. The number of carbonyl (C=O) groups excluding carboxylic acids is 8. The molecular weight excluding hydrogens is 1010 g/mol. The number of fused-ring (bicyclic) bond motifs is 2. The number of ether oxygens (including phenoxy) is 2. The predicted octanol–water partition coefficient (Wildman–Crippen LogP) is 2.74. The van der Waals surface area contributed by atoms with Gasteiger partial charge in [0.2, 0.25) is 29.6 Å². The molecule has 1 aliphatic rings. The second-order valence-corrected chi connectivity index (χ2v) is 17.0. The molecule has 416 valence electrons. The number of nitrogens with one attached hydrogen (secondary N) is 3. The van der Waals surface area contributed by atoms with Crippen molar-refractivity contribution >= 4 is 81.6 Å². The number of aromatic nitrogens is 8. The Morgan fingerprint density at radius 3 is 1.81 bits per heavy atom. The molecule has 1 unspecified atom stereocenters. The van der Waals surface area contributed by atoms with Crippen molar-refractivity contribution in [1.29, 1.82) is 0 Å². The molecule has 0 radical (unpaired) electrons. The standard InChI is InChI=1S/C49H56N14O11.C2H6.CH5N/c1-7-62-35(20-28(3)56-62)45(70)54-48-52-32-22-30(26-64)23-38(74-19-11-15-58(5)47(72)34(27-65)51-39(66)14-18-59-40(67)12-13-41(59)68)43(32)61(48)17-10-9-16-60-42-33(24-31(44(50)69)25-37(42)73-6)53-49(60)55-46(71)36-21-29(4)57-63(36)8-2;2*1-2/h9-10,12-13,20-26,34,65H,7-8,11,14-19,27H2,1-6H3,(H2,50,69)(H,51,66)(H,52,54,70)(H,53,55,71);1-2H3;2H2,1H3/b10-9+;;. The molecular formula is C52H67N15O11. The van der Waals surface area contributed by atoms with Crippen LogP contribution in [0.4, 0.5) is 11.9 Å². The summed E-state index contributed by atoms with van der Waals surface area (Å²) in [5.41, 5.74) is 13.8. The first kappa shape index (κ1) is 59.8. The van der Waals surface area contributed by atoms with Gasteiger partial charge in [-0.3, -0.25) is 63.3 Å². The molecule has 8 N–H and O–H groups in total. The topological polar surface area (TPSA) is 341 Å². The molecule has 7 rings (SSSR count). The predicted molar refractivity (Wildman–Crippen MR) is 289 cm³/mol. The lowest BCUT2D eigenvalue weighted by Crippen LogP contribution is -2.50. The minimum absolute atomic E-state index is 0.00883. The monoisotopic (exact) mass is 1080 g/mol. The Bertz CT molecular complexity index is 3240. The summed E-state index contributed by atoms with van der Waals surface area (Å²) in [5.74, 6) is -3.31. The third kappa shape index (κ3) is 13.9. The number of allylic oxidation sites excluding steroid dienone is 2. The maximum absolute atomic E-state index is 13.9. The molecule has 78 heavy (non-hydrogen) atoms. The van der Waals surface area contributed by atoms with Gasteiger partial charge in [0.1, 0.15) is 46.2 Å². The lowest BCUT2D eigenvalue weighted by Gasteiger charge is -2.24. The molecule has 4 aromatic heterocycles. The van der Waals surface area contributed by atoms with E-state index in [0.717, 1.165) is 17.1 Å². The minimum Gasteiger partial charge on any atom is -0.494 e. The highest BCUT2D eigenvalue weighted by Crippen LogP contribution is 2.33. The number of aldehydes is 1. The fraction of sp³-hybridized carbons (Fsp3) is 0.385. The zero-order valence-corrected chi connectivity index (χ0v) is 45.2. The third-order valence-corrected chi connectivity index (χ3v) is 11.9. The first-order valence-corrected chi connectivity index (χ1v) is 25.1.